The lowest BCUT2D eigenvalue weighted by Crippen LogP contribution is -2.19. The number of benzene rings is 2. The van der Waals surface area contributed by atoms with Crippen LogP contribution in [0.4, 0.5) is 11.4 Å². The molecule has 0 atom stereocenters. The summed E-state index contributed by atoms with van der Waals surface area (Å²) in [5, 5.41) is 4.90. The van der Waals surface area contributed by atoms with E-state index in [9.17, 15) is 14.4 Å². The van der Waals surface area contributed by atoms with E-state index in [4.69, 9.17) is 5.73 Å². The van der Waals surface area contributed by atoms with Crippen LogP contribution in [-0.2, 0) is 11.2 Å². The van der Waals surface area contributed by atoms with Gasteiger partial charge in [-0.3, -0.25) is 19.7 Å². The van der Waals surface area contributed by atoms with Crippen molar-refractivity contribution in [2.24, 2.45) is 0 Å². The molecule has 0 unspecified atom stereocenters. The van der Waals surface area contributed by atoms with Gasteiger partial charge in [-0.1, -0.05) is 18.2 Å². The van der Waals surface area contributed by atoms with Gasteiger partial charge in [0.2, 0.25) is 5.91 Å². The maximum absolute atomic E-state index is 12.0. The third-order valence-electron chi connectivity index (χ3n) is 3.43. The first-order valence-electron chi connectivity index (χ1n) is 6.67. The highest BCUT2D eigenvalue weighted by Gasteiger charge is 2.26. The van der Waals surface area contributed by atoms with E-state index in [0.29, 0.717) is 16.9 Å². The molecule has 1 heterocycles. The fraction of sp³-hybridized carbons (Fsp3) is 0.0625. The minimum Gasteiger partial charge on any atom is -0.398 e. The third-order valence-corrected chi connectivity index (χ3v) is 3.43. The molecule has 3 rings (SSSR count). The summed E-state index contributed by atoms with van der Waals surface area (Å²) in [6, 6.07) is 11.7. The van der Waals surface area contributed by atoms with Crippen LogP contribution in [0.2, 0.25) is 0 Å². The van der Waals surface area contributed by atoms with Crippen LogP contribution in [0.1, 0.15) is 26.3 Å². The second kappa shape index (κ2) is 5.33. The van der Waals surface area contributed by atoms with E-state index in [1.54, 1.807) is 24.3 Å². The molecule has 4 N–H and O–H groups in total. The number of fused-ring (bicyclic) bond motifs is 1. The summed E-state index contributed by atoms with van der Waals surface area (Å²) in [6.45, 7) is 0. The lowest BCUT2D eigenvalue weighted by atomic mass is 10.1. The fourth-order valence-corrected chi connectivity index (χ4v) is 2.32. The van der Waals surface area contributed by atoms with E-state index in [1.807, 2.05) is 6.07 Å². The Morgan fingerprint density at radius 3 is 2.55 bits per heavy atom. The van der Waals surface area contributed by atoms with Crippen LogP contribution in [0.5, 0.6) is 0 Å². The summed E-state index contributed by atoms with van der Waals surface area (Å²) in [7, 11) is 0. The van der Waals surface area contributed by atoms with Crippen molar-refractivity contribution in [1.29, 1.82) is 0 Å². The molecule has 22 heavy (non-hydrogen) atoms. The van der Waals surface area contributed by atoms with Gasteiger partial charge in [0.15, 0.2) is 0 Å². The zero-order valence-corrected chi connectivity index (χ0v) is 11.6. The normalized spacial score (nSPS) is 12.7. The van der Waals surface area contributed by atoms with E-state index in [1.165, 1.54) is 12.1 Å². The number of amides is 3. The number of carbonyl (C=O) groups excluding carboxylic acids is 3. The van der Waals surface area contributed by atoms with Gasteiger partial charge in [0, 0.05) is 11.4 Å². The lowest BCUT2D eigenvalue weighted by Gasteiger charge is -2.08. The molecule has 6 heteroatoms. The van der Waals surface area contributed by atoms with Crippen LogP contribution < -0.4 is 16.4 Å². The maximum atomic E-state index is 12.0. The number of para-hydroxylation sites is 1. The Labute approximate surface area is 126 Å². The highest BCUT2D eigenvalue weighted by atomic mass is 16.2. The molecule has 110 valence electrons. The van der Waals surface area contributed by atoms with Crippen LogP contribution in [0.15, 0.2) is 42.5 Å². The predicted molar refractivity (Wildman–Crippen MR) is 81.4 cm³/mol. The molecule has 0 fully saturated rings. The van der Waals surface area contributed by atoms with E-state index >= 15 is 0 Å². The Morgan fingerprint density at radius 2 is 1.77 bits per heavy atom. The Kier molecular flexibility index (Phi) is 3.34. The summed E-state index contributed by atoms with van der Waals surface area (Å²) >= 11 is 0. The third kappa shape index (κ3) is 2.54. The van der Waals surface area contributed by atoms with Crippen molar-refractivity contribution in [1.82, 2.24) is 5.32 Å². The van der Waals surface area contributed by atoms with Crippen molar-refractivity contribution in [3.05, 3.63) is 59.2 Å². The minimum atomic E-state index is -0.455. The predicted octanol–water partition coefficient (Wildman–Crippen LogP) is 1.33. The number of anilines is 2. The van der Waals surface area contributed by atoms with Gasteiger partial charge in [0.25, 0.3) is 11.8 Å². The Hall–Kier alpha value is -3.15. The average Bonchev–Trinajstić information content (AvgIpc) is 2.76. The summed E-state index contributed by atoms with van der Waals surface area (Å²) in [5.74, 6) is -1.12. The number of nitrogens with two attached hydrogens (primary N) is 1. The maximum Gasteiger partial charge on any atom is 0.259 e. The number of imide groups is 1. The fourth-order valence-electron chi connectivity index (χ4n) is 2.32. The molecular formula is C16H13N3O3. The number of nitrogen functional groups attached to an aromatic ring is 1. The summed E-state index contributed by atoms with van der Waals surface area (Å²) in [5.41, 5.74) is 8.12. The molecule has 6 nitrogen and oxygen atoms in total. The van der Waals surface area contributed by atoms with Crippen LogP contribution in [0.25, 0.3) is 0 Å². The first-order chi connectivity index (χ1) is 10.5. The van der Waals surface area contributed by atoms with Crippen LogP contribution in [0.3, 0.4) is 0 Å². The average molecular weight is 295 g/mol. The molecule has 0 saturated heterocycles. The van der Waals surface area contributed by atoms with Gasteiger partial charge in [-0.25, -0.2) is 0 Å². The molecule has 1 aliphatic rings. The second-order valence-corrected chi connectivity index (χ2v) is 4.97. The number of nitrogens with one attached hydrogen (secondary N) is 2. The molecule has 1 aliphatic heterocycles. The minimum absolute atomic E-state index is 0.134. The monoisotopic (exact) mass is 295 g/mol. The Morgan fingerprint density at radius 1 is 1.05 bits per heavy atom. The SMILES string of the molecule is Nc1ccccc1CC(=O)Nc1ccc2c(c1)C(=O)NC2=O. The van der Waals surface area contributed by atoms with Gasteiger partial charge < -0.3 is 11.1 Å². The lowest BCUT2D eigenvalue weighted by molar-refractivity contribution is -0.115. The molecule has 0 aromatic heterocycles. The second-order valence-electron chi connectivity index (χ2n) is 4.97. The van der Waals surface area contributed by atoms with E-state index in [2.05, 4.69) is 10.6 Å². The topological polar surface area (TPSA) is 101 Å². The van der Waals surface area contributed by atoms with Crippen molar-refractivity contribution in [3.63, 3.8) is 0 Å². The smallest absolute Gasteiger partial charge is 0.259 e. The van der Waals surface area contributed by atoms with E-state index in [-0.39, 0.29) is 17.9 Å². The van der Waals surface area contributed by atoms with E-state index < -0.39 is 11.8 Å². The van der Waals surface area contributed by atoms with Gasteiger partial charge in [-0.05, 0) is 29.8 Å². The Bertz CT molecular complexity index is 799. The molecule has 0 bridgehead atoms. The van der Waals surface area contributed by atoms with Crippen molar-refractivity contribution in [2.45, 2.75) is 6.42 Å². The molecule has 0 radical (unpaired) electrons. The quantitative estimate of drug-likeness (QED) is 0.587. The van der Waals surface area contributed by atoms with Gasteiger partial charge >= 0.3 is 0 Å². The highest BCUT2D eigenvalue weighted by Crippen LogP contribution is 2.20. The van der Waals surface area contributed by atoms with Gasteiger partial charge in [-0.15, -0.1) is 0 Å². The summed E-state index contributed by atoms with van der Waals surface area (Å²) < 4.78 is 0. The van der Waals surface area contributed by atoms with Gasteiger partial charge in [0.05, 0.1) is 17.5 Å². The first kappa shape index (κ1) is 13.8. The number of hydrogen-bond acceptors (Lipinski definition) is 4. The zero-order valence-electron chi connectivity index (χ0n) is 11.6. The van der Waals surface area contributed by atoms with Crippen LogP contribution in [-0.4, -0.2) is 17.7 Å². The van der Waals surface area contributed by atoms with Crippen LogP contribution >= 0.6 is 0 Å². The van der Waals surface area contributed by atoms with Crippen molar-refractivity contribution < 1.29 is 14.4 Å². The van der Waals surface area contributed by atoms with Crippen molar-refractivity contribution in [2.75, 3.05) is 11.1 Å². The summed E-state index contributed by atoms with van der Waals surface area (Å²) in [4.78, 5) is 35.1. The largest absolute Gasteiger partial charge is 0.398 e. The first-order valence-corrected chi connectivity index (χ1v) is 6.67. The van der Waals surface area contributed by atoms with Crippen LogP contribution in [0, 0.1) is 0 Å². The Balaban J connectivity index is 1.75. The molecule has 0 spiro atoms. The van der Waals surface area contributed by atoms with Gasteiger partial charge in [0.1, 0.15) is 0 Å². The molecule has 0 aliphatic carbocycles. The molecular weight excluding hydrogens is 282 g/mol. The highest BCUT2D eigenvalue weighted by molar-refractivity contribution is 6.22. The molecule has 0 saturated carbocycles. The number of rotatable bonds is 3. The molecule has 2 aromatic carbocycles. The number of carbonyl (C=O) groups is 3. The zero-order chi connectivity index (χ0) is 15.7. The summed E-state index contributed by atoms with van der Waals surface area (Å²) in [6.07, 6.45) is 0.134. The standard InChI is InChI=1S/C16H13N3O3/c17-13-4-2-1-3-9(13)7-14(20)18-10-5-6-11-12(8-10)16(22)19-15(11)21/h1-6,8H,7,17H2,(H,18,20)(H,19,21,22). The molecule has 3 amide bonds. The molecule has 2 aromatic rings. The number of hydrogen-bond donors (Lipinski definition) is 3. The van der Waals surface area contributed by atoms with Gasteiger partial charge in [-0.2, -0.15) is 0 Å². The van der Waals surface area contributed by atoms with Crippen molar-refractivity contribution in [3.8, 4) is 0 Å². The van der Waals surface area contributed by atoms with Crippen molar-refractivity contribution >= 4 is 29.1 Å². The van der Waals surface area contributed by atoms with E-state index in [0.717, 1.165) is 5.56 Å².